The number of nitrogens with zero attached hydrogens (tertiary/aromatic N) is 4. The number of hydrogen-bond donors (Lipinski definition) is 0. The number of carbonyl (C=O) groups is 1. The van der Waals surface area contributed by atoms with Crippen molar-refractivity contribution in [1.82, 2.24) is 14.8 Å². The zero-order chi connectivity index (χ0) is 14.8. The largest absolute Gasteiger partial charge is 0.294 e. The van der Waals surface area contributed by atoms with Gasteiger partial charge in [-0.2, -0.15) is 10.1 Å². The molecular formula is C15H14N4O2. The van der Waals surface area contributed by atoms with Crippen LogP contribution in [0, 0.1) is 6.92 Å². The Hall–Kier alpha value is -2.50. The summed E-state index contributed by atoms with van der Waals surface area (Å²) >= 11 is 0. The highest BCUT2D eigenvalue weighted by atomic mass is 16.2. The normalized spacial score (nSPS) is 22.8. The van der Waals surface area contributed by atoms with E-state index in [9.17, 15) is 9.59 Å². The average molecular weight is 282 g/mol. The molecule has 6 nitrogen and oxygen atoms in total. The quantitative estimate of drug-likeness (QED) is 0.733. The summed E-state index contributed by atoms with van der Waals surface area (Å²) in [5, 5.41) is 4.41. The van der Waals surface area contributed by atoms with E-state index in [-0.39, 0.29) is 11.5 Å². The van der Waals surface area contributed by atoms with Crippen LogP contribution in [0.5, 0.6) is 0 Å². The maximum absolute atomic E-state index is 12.3. The first-order valence-corrected chi connectivity index (χ1v) is 6.93. The lowest BCUT2D eigenvalue weighted by Gasteiger charge is -2.41. The average Bonchev–Trinajstić information content (AvgIpc) is 2.78. The molecule has 6 heteroatoms. The van der Waals surface area contributed by atoms with E-state index in [4.69, 9.17) is 0 Å². The van der Waals surface area contributed by atoms with E-state index in [2.05, 4.69) is 10.1 Å². The van der Waals surface area contributed by atoms with Crippen LogP contribution in [0.15, 0.2) is 29.1 Å². The summed E-state index contributed by atoms with van der Waals surface area (Å²) in [6.45, 7) is 3.61. The van der Waals surface area contributed by atoms with E-state index in [1.54, 1.807) is 16.5 Å². The second-order valence-electron chi connectivity index (χ2n) is 5.70. The van der Waals surface area contributed by atoms with Crippen molar-refractivity contribution in [2.75, 3.05) is 4.90 Å². The van der Waals surface area contributed by atoms with Gasteiger partial charge in [-0.3, -0.25) is 14.5 Å². The van der Waals surface area contributed by atoms with Gasteiger partial charge in [-0.05, 0) is 26.0 Å². The lowest BCUT2D eigenvalue weighted by molar-refractivity contribution is -0.117. The molecule has 21 heavy (non-hydrogen) atoms. The lowest BCUT2D eigenvalue weighted by Crippen LogP contribution is -2.51. The number of anilines is 1. The molecule has 1 saturated heterocycles. The van der Waals surface area contributed by atoms with Crippen LogP contribution in [-0.4, -0.2) is 20.7 Å². The molecule has 1 amide bonds. The molecule has 1 atom stereocenters. The van der Waals surface area contributed by atoms with Crippen molar-refractivity contribution in [2.45, 2.75) is 32.4 Å². The van der Waals surface area contributed by atoms with Gasteiger partial charge in [0.15, 0.2) is 5.82 Å². The smallest absolute Gasteiger partial charge is 0.286 e. The van der Waals surface area contributed by atoms with Crippen LogP contribution in [-0.2, 0) is 10.5 Å². The minimum atomic E-state index is -0.591. The third kappa shape index (κ3) is 1.42. The number of carbonyl (C=O) groups excluding carboxylic acids is 1. The number of rotatable bonds is 0. The summed E-state index contributed by atoms with van der Waals surface area (Å²) in [4.78, 5) is 30.2. The first-order chi connectivity index (χ1) is 10.0. The summed E-state index contributed by atoms with van der Waals surface area (Å²) in [6, 6.07) is 7.53. The van der Waals surface area contributed by atoms with Gasteiger partial charge in [0.2, 0.25) is 5.91 Å². The van der Waals surface area contributed by atoms with E-state index in [0.29, 0.717) is 24.4 Å². The first-order valence-electron chi connectivity index (χ1n) is 6.93. The molecule has 4 rings (SSSR count). The van der Waals surface area contributed by atoms with E-state index >= 15 is 0 Å². The van der Waals surface area contributed by atoms with Gasteiger partial charge < -0.3 is 0 Å². The maximum Gasteiger partial charge on any atom is 0.294 e. The summed E-state index contributed by atoms with van der Waals surface area (Å²) in [6.07, 6.45) is 1.13. The van der Waals surface area contributed by atoms with Crippen molar-refractivity contribution in [2.24, 2.45) is 0 Å². The molecule has 0 aliphatic carbocycles. The van der Waals surface area contributed by atoms with Crippen molar-refractivity contribution in [3.63, 3.8) is 0 Å². The molecule has 0 N–H and O–H groups in total. The Morgan fingerprint density at radius 1 is 1.24 bits per heavy atom. The zero-order valence-electron chi connectivity index (χ0n) is 11.8. The van der Waals surface area contributed by atoms with Crippen molar-refractivity contribution in [3.05, 3.63) is 40.3 Å². The highest BCUT2D eigenvalue weighted by Crippen LogP contribution is 2.47. The summed E-state index contributed by atoms with van der Waals surface area (Å²) in [5.74, 6) is 0.614. The van der Waals surface area contributed by atoms with Crippen molar-refractivity contribution in [3.8, 4) is 11.4 Å². The predicted octanol–water partition coefficient (Wildman–Crippen LogP) is 1.43. The lowest BCUT2D eigenvalue weighted by atomic mass is 10.0. The molecule has 0 bridgehead atoms. The molecule has 0 radical (unpaired) electrons. The highest BCUT2D eigenvalue weighted by Gasteiger charge is 2.49. The summed E-state index contributed by atoms with van der Waals surface area (Å²) in [5.41, 5.74) is 1.01. The Morgan fingerprint density at radius 2 is 2.00 bits per heavy atom. The van der Waals surface area contributed by atoms with Crippen LogP contribution in [0.3, 0.4) is 0 Å². The SMILES string of the molecule is Cc1nn2c(nc1=O)-c1ccccc1N1C(=O)CC[C@]12C. The topological polar surface area (TPSA) is 68.1 Å². The molecule has 1 fully saturated rings. The van der Waals surface area contributed by atoms with Gasteiger partial charge in [0, 0.05) is 18.4 Å². The Balaban J connectivity index is 2.14. The van der Waals surface area contributed by atoms with E-state index in [1.807, 2.05) is 31.2 Å². The molecular weight excluding hydrogens is 268 g/mol. The van der Waals surface area contributed by atoms with Gasteiger partial charge in [-0.1, -0.05) is 12.1 Å². The van der Waals surface area contributed by atoms with Crippen LogP contribution < -0.4 is 10.5 Å². The highest BCUT2D eigenvalue weighted by molar-refractivity contribution is 6.01. The van der Waals surface area contributed by atoms with Crippen molar-refractivity contribution >= 4 is 11.6 Å². The summed E-state index contributed by atoms with van der Waals surface area (Å²) in [7, 11) is 0. The van der Waals surface area contributed by atoms with E-state index in [1.165, 1.54) is 0 Å². The van der Waals surface area contributed by atoms with Gasteiger partial charge in [0.05, 0.1) is 5.69 Å². The second kappa shape index (κ2) is 3.78. The van der Waals surface area contributed by atoms with Gasteiger partial charge >= 0.3 is 0 Å². The van der Waals surface area contributed by atoms with E-state index in [0.717, 1.165) is 11.3 Å². The molecule has 1 aromatic heterocycles. The number of fused-ring (bicyclic) bond motifs is 6. The Labute approximate surface area is 121 Å². The number of aryl methyl sites for hydroxylation is 1. The standard InChI is InChI=1S/C15H14N4O2/c1-9-14(21)16-13-10-5-3-4-6-11(10)18-12(20)7-8-15(18,2)19(13)17-9/h3-6H,7-8H2,1-2H3/t15-/m1/s1. The van der Waals surface area contributed by atoms with Gasteiger partial charge in [-0.25, -0.2) is 4.68 Å². The monoisotopic (exact) mass is 282 g/mol. The molecule has 2 aliphatic heterocycles. The third-order valence-corrected chi connectivity index (χ3v) is 4.35. The fourth-order valence-electron chi connectivity index (χ4n) is 3.26. The molecule has 1 aromatic carbocycles. The van der Waals surface area contributed by atoms with Crippen LogP contribution in [0.1, 0.15) is 25.5 Å². The van der Waals surface area contributed by atoms with Crippen LogP contribution in [0.25, 0.3) is 11.4 Å². The fourth-order valence-corrected chi connectivity index (χ4v) is 3.26. The molecule has 2 aromatic rings. The van der Waals surface area contributed by atoms with Crippen LogP contribution in [0.4, 0.5) is 5.69 Å². The van der Waals surface area contributed by atoms with Gasteiger partial charge in [-0.15, -0.1) is 0 Å². The second-order valence-corrected chi connectivity index (χ2v) is 5.70. The number of aromatic nitrogens is 3. The Kier molecular flexibility index (Phi) is 2.21. The minimum absolute atomic E-state index is 0.0775. The molecule has 0 unspecified atom stereocenters. The Morgan fingerprint density at radius 3 is 2.81 bits per heavy atom. The van der Waals surface area contributed by atoms with Crippen molar-refractivity contribution < 1.29 is 4.79 Å². The molecule has 0 spiro atoms. The fraction of sp³-hybridized carbons (Fsp3) is 0.333. The van der Waals surface area contributed by atoms with Crippen molar-refractivity contribution in [1.29, 1.82) is 0 Å². The molecule has 2 aliphatic rings. The molecule has 0 saturated carbocycles. The zero-order valence-corrected chi connectivity index (χ0v) is 11.8. The number of para-hydroxylation sites is 1. The maximum atomic E-state index is 12.3. The van der Waals surface area contributed by atoms with Crippen LogP contribution in [0.2, 0.25) is 0 Å². The van der Waals surface area contributed by atoms with Gasteiger partial charge in [0.1, 0.15) is 11.4 Å². The van der Waals surface area contributed by atoms with Crippen LogP contribution >= 0.6 is 0 Å². The molecule has 106 valence electrons. The number of hydrogen-bond acceptors (Lipinski definition) is 4. The van der Waals surface area contributed by atoms with E-state index < -0.39 is 5.66 Å². The first kappa shape index (κ1) is 12.3. The Bertz CT molecular complexity index is 842. The summed E-state index contributed by atoms with van der Waals surface area (Å²) < 4.78 is 1.73. The third-order valence-electron chi connectivity index (χ3n) is 4.35. The number of benzene rings is 1. The number of amides is 1. The predicted molar refractivity (Wildman–Crippen MR) is 76.8 cm³/mol. The minimum Gasteiger partial charge on any atom is -0.286 e. The molecule has 3 heterocycles. The van der Waals surface area contributed by atoms with Gasteiger partial charge in [0.25, 0.3) is 5.56 Å².